The summed E-state index contributed by atoms with van der Waals surface area (Å²) in [5.74, 6) is -0.780. The van der Waals surface area contributed by atoms with Crippen LogP contribution in [0.25, 0.3) is 16.9 Å². The number of nitrogens with zero attached hydrogens (tertiary/aromatic N) is 3. The highest BCUT2D eigenvalue weighted by Crippen LogP contribution is 2.33. The second-order valence-corrected chi connectivity index (χ2v) is 6.92. The standard InChI is InChI=1S/C20H18F3N3O3/c1-12-4-6-13(7-5-12)16-9-17(20(21,22)23)26-18(25-16)15(10-24-26)19(27)29-11-14-3-2-8-28-14/h4-7,9-10,14H,2-3,8,11H2,1H3. The Bertz CT molecular complexity index is 1040. The molecule has 3 heterocycles. The van der Waals surface area contributed by atoms with Gasteiger partial charge in [-0.2, -0.15) is 18.3 Å². The molecule has 2 aromatic heterocycles. The van der Waals surface area contributed by atoms with E-state index in [-0.39, 0.29) is 29.6 Å². The molecule has 152 valence electrons. The van der Waals surface area contributed by atoms with Crippen LogP contribution in [0.2, 0.25) is 0 Å². The van der Waals surface area contributed by atoms with Gasteiger partial charge in [-0.15, -0.1) is 0 Å². The summed E-state index contributed by atoms with van der Waals surface area (Å²) in [4.78, 5) is 16.8. The van der Waals surface area contributed by atoms with E-state index in [1.165, 1.54) is 0 Å². The van der Waals surface area contributed by atoms with Gasteiger partial charge in [-0.25, -0.2) is 14.3 Å². The molecule has 1 atom stereocenters. The molecule has 1 fully saturated rings. The number of rotatable bonds is 4. The van der Waals surface area contributed by atoms with Crippen LogP contribution in [0, 0.1) is 6.92 Å². The Kier molecular flexibility index (Phi) is 4.99. The van der Waals surface area contributed by atoms with Gasteiger partial charge in [0, 0.05) is 12.2 Å². The van der Waals surface area contributed by atoms with Crippen LogP contribution in [0.4, 0.5) is 13.2 Å². The quantitative estimate of drug-likeness (QED) is 0.613. The number of carbonyl (C=O) groups is 1. The average molecular weight is 405 g/mol. The molecule has 29 heavy (non-hydrogen) atoms. The van der Waals surface area contributed by atoms with E-state index in [0.717, 1.165) is 30.7 Å². The first-order chi connectivity index (χ1) is 13.8. The highest BCUT2D eigenvalue weighted by Gasteiger charge is 2.36. The zero-order valence-electron chi connectivity index (χ0n) is 15.6. The van der Waals surface area contributed by atoms with Gasteiger partial charge in [0.15, 0.2) is 11.3 Å². The van der Waals surface area contributed by atoms with Gasteiger partial charge in [0.2, 0.25) is 0 Å². The van der Waals surface area contributed by atoms with Gasteiger partial charge in [-0.3, -0.25) is 0 Å². The Balaban J connectivity index is 1.75. The number of fused-ring (bicyclic) bond motifs is 1. The van der Waals surface area contributed by atoms with Crippen LogP contribution in [-0.4, -0.2) is 39.9 Å². The van der Waals surface area contributed by atoms with Crippen LogP contribution in [0.5, 0.6) is 0 Å². The van der Waals surface area contributed by atoms with E-state index in [0.29, 0.717) is 16.7 Å². The molecule has 0 saturated carbocycles. The Morgan fingerprint density at radius 1 is 1.31 bits per heavy atom. The first-order valence-corrected chi connectivity index (χ1v) is 9.14. The normalized spacial score (nSPS) is 17.0. The minimum absolute atomic E-state index is 0.0416. The molecular formula is C20H18F3N3O3. The molecule has 0 bridgehead atoms. The maximum atomic E-state index is 13.6. The molecule has 1 unspecified atom stereocenters. The molecule has 1 aromatic carbocycles. The molecule has 9 heteroatoms. The summed E-state index contributed by atoms with van der Waals surface area (Å²) in [7, 11) is 0. The molecule has 6 nitrogen and oxygen atoms in total. The number of aryl methyl sites for hydroxylation is 1. The van der Waals surface area contributed by atoms with Crippen molar-refractivity contribution in [2.45, 2.75) is 32.0 Å². The van der Waals surface area contributed by atoms with E-state index in [2.05, 4.69) is 10.1 Å². The molecular weight excluding hydrogens is 387 g/mol. The lowest BCUT2D eigenvalue weighted by molar-refractivity contribution is -0.142. The molecule has 3 aromatic rings. The summed E-state index contributed by atoms with van der Waals surface area (Å²) in [6, 6.07) is 7.84. The summed E-state index contributed by atoms with van der Waals surface area (Å²) in [6.45, 7) is 2.52. The number of halogens is 3. The summed E-state index contributed by atoms with van der Waals surface area (Å²) >= 11 is 0. The fourth-order valence-electron chi connectivity index (χ4n) is 3.20. The first-order valence-electron chi connectivity index (χ1n) is 9.14. The largest absolute Gasteiger partial charge is 0.459 e. The average Bonchev–Trinajstić information content (AvgIpc) is 3.35. The molecule has 1 aliphatic heterocycles. The topological polar surface area (TPSA) is 65.7 Å². The summed E-state index contributed by atoms with van der Waals surface area (Å²) < 4.78 is 52.1. The lowest BCUT2D eigenvalue weighted by Gasteiger charge is -2.12. The summed E-state index contributed by atoms with van der Waals surface area (Å²) in [5, 5.41) is 3.74. The number of alkyl halides is 3. The molecule has 0 radical (unpaired) electrons. The van der Waals surface area contributed by atoms with E-state index in [1.54, 1.807) is 24.3 Å². The molecule has 0 N–H and O–H groups in total. The number of benzene rings is 1. The smallest absolute Gasteiger partial charge is 0.433 e. The van der Waals surface area contributed by atoms with Crippen molar-refractivity contribution >= 4 is 11.6 Å². The van der Waals surface area contributed by atoms with Gasteiger partial charge in [-0.1, -0.05) is 29.8 Å². The third kappa shape index (κ3) is 3.95. The van der Waals surface area contributed by atoms with Gasteiger partial charge >= 0.3 is 12.1 Å². The predicted octanol–water partition coefficient (Wildman–Crippen LogP) is 4.06. The highest BCUT2D eigenvalue weighted by molar-refractivity contribution is 5.96. The Morgan fingerprint density at radius 2 is 2.07 bits per heavy atom. The Hall–Kier alpha value is -2.94. The van der Waals surface area contributed by atoms with E-state index in [9.17, 15) is 18.0 Å². The minimum atomic E-state index is -4.68. The third-order valence-corrected chi connectivity index (χ3v) is 4.75. The Labute approximate surface area is 164 Å². The van der Waals surface area contributed by atoms with Gasteiger partial charge in [0.05, 0.1) is 18.0 Å². The van der Waals surface area contributed by atoms with Crippen LogP contribution < -0.4 is 0 Å². The van der Waals surface area contributed by atoms with Crippen molar-refractivity contribution in [1.29, 1.82) is 0 Å². The van der Waals surface area contributed by atoms with Crippen molar-refractivity contribution in [3.8, 4) is 11.3 Å². The zero-order chi connectivity index (χ0) is 20.6. The van der Waals surface area contributed by atoms with Gasteiger partial charge in [0.25, 0.3) is 0 Å². The van der Waals surface area contributed by atoms with E-state index >= 15 is 0 Å². The SMILES string of the molecule is Cc1ccc(-c2cc(C(F)(F)F)n3ncc(C(=O)OCC4CCCO4)c3n2)cc1. The fourth-order valence-corrected chi connectivity index (χ4v) is 3.20. The fraction of sp³-hybridized carbons (Fsp3) is 0.350. The van der Waals surface area contributed by atoms with E-state index < -0.39 is 17.8 Å². The van der Waals surface area contributed by atoms with Crippen molar-refractivity contribution in [3.05, 3.63) is 53.3 Å². The monoisotopic (exact) mass is 405 g/mol. The summed E-state index contributed by atoms with van der Waals surface area (Å²) in [6.07, 6.45) is -2.16. The number of aromatic nitrogens is 3. The highest BCUT2D eigenvalue weighted by atomic mass is 19.4. The molecule has 0 aliphatic carbocycles. The van der Waals surface area contributed by atoms with E-state index in [1.807, 2.05) is 6.92 Å². The van der Waals surface area contributed by atoms with E-state index in [4.69, 9.17) is 9.47 Å². The van der Waals surface area contributed by atoms with Crippen LogP contribution in [0.1, 0.15) is 34.5 Å². The molecule has 1 saturated heterocycles. The number of hydrogen-bond acceptors (Lipinski definition) is 5. The van der Waals surface area contributed by atoms with Crippen LogP contribution >= 0.6 is 0 Å². The molecule has 4 rings (SSSR count). The van der Waals surface area contributed by atoms with Crippen LogP contribution in [0.15, 0.2) is 36.5 Å². The van der Waals surface area contributed by atoms with Gasteiger partial charge in [-0.05, 0) is 25.8 Å². The number of esters is 1. The second-order valence-electron chi connectivity index (χ2n) is 6.92. The predicted molar refractivity (Wildman–Crippen MR) is 97.4 cm³/mol. The summed E-state index contributed by atoms with van der Waals surface area (Å²) in [5.41, 5.74) is 0.224. The maximum absolute atomic E-state index is 13.6. The molecule has 0 spiro atoms. The van der Waals surface area contributed by atoms with Crippen molar-refractivity contribution in [2.75, 3.05) is 13.2 Å². The van der Waals surface area contributed by atoms with Crippen molar-refractivity contribution in [3.63, 3.8) is 0 Å². The number of ether oxygens (including phenoxy) is 2. The number of carbonyl (C=O) groups excluding carboxylic acids is 1. The van der Waals surface area contributed by atoms with Gasteiger partial charge < -0.3 is 9.47 Å². The van der Waals surface area contributed by atoms with Crippen LogP contribution in [-0.2, 0) is 15.7 Å². The molecule has 1 aliphatic rings. The maximum Gasteiger partial charge on any atom is 0.433 e. The lowest BCUT2D eigenvalue weighted by Crippen LogP contribution is -2.18. The van der Waals surface area contributed by atoms with Gasteiger partial charge in [0.1, 0.15) is 12.2 Å². The first kappa shape index (κ1) is 19.4. The second kappa shape index (κ2) is 7.47. The van der Waals surface area contributed by atoms with Crippen molar-refractivity contribution < 1.29 is 27.4 Å². The van der Waals surface area contributed by atoms with Crippen LogP contribution in [0.3, 0.4) is 0 Å². The minimum Gasteiger partial charge on any atom is -0.459 e. The zero-order valence-corrected chi connectivity index (χ0v) is 15.6. The Morgan fingerprint density at radius 3 is 2.72 bits per heavy atom. The van der Waals surface area contributed by atoms with Crippen molar-refractivity contribution in [1.82, 2.24) is 14.6 Å². The molecule has 0 amide bonds. The van der Waals surface area contributed by atoms with Crippen molar-refractivity contribution in [2.24, 2.45) is 0 Å². The third-order valence-electron chi connectivity index (χ3n) is 4.75. The number of hydrogen-bond donors (Lipinski definition) is 0. The lowest BCUT2D eigenvalue weighted by atomic mass is 10.1.